The molecule has 1 aliphatic heterocycles. The summed E-state index contributed by atoms with van der Waals surface area (Å²) in [5, 5.41) is 6.93. The van der Waals surface area contributed by atoms with Crippen molar-refractivity contribution in [3.8, 4) is 5.75 Å². The summed E-state index contributed by atoms with van der Waals surface area (Å²) in [6.45, 7) is 6.23. The van der Waals surface area contributed by atoms with Crippen LogP contribution in [-0.4, -0.2) is 34.1 Å². The Morgan fingerprint density at radius 2 is 2.28 bits per heavy atom. The lowest BCUT2D eigenvalue weighted by atomic mass is 9.97. The monoisotopic (exact) mass is 345 g/mol. The van der Waals surface area contributed by atoms with Gasteiger partial charge in [0.15, 0.2) is 5.69 Å². The zero-order chi connectivity index (χ0) is 17.8. The summed E-state index contributed by atoms with van der Waals surface area (Å²) in [7, 11) is 0. The van der Waals surface area contributed by atoms with Crippen LogP contribution in [0.2, 0.25) is 0 Å². The number of benzene rings is 1. The van der Waals surface area contributed by atoms with Crippen molar-refractivity contribution in [2.45, 2.75) is 33.3 Å². The molecule has 5 nitrogen and oxygen atoms in total. The maximum absolute atomic E-state index is 13.1. The second-order valence-electron chi connectivity index (χ2n) is 7.06. The van der Waals surface area contributed by atoms with Gasteiger partial charge in [0, 0.05) is 19.2 Å². The highest BCUT2D eigenvalue weighted by Gasteiger charge is 2.28. The van der Waals surface area contributed by atoms with E-state index in [1.807, 2.05) is 4.90 Å². The van der Waals surface area contributed by atoms with E-state index in [2.05, 4.69) is 24.0 Å². The molecule has 2 aromatic rings. The molecule has 0 aliphatic carbocycles. The van der Waals surface area contributed by atoms with E-state index < -0.39 is 0 Å². The number of nitrogens with zero attached hydrogens (tertiary/aromatic N) is 2. The lowest BCUT2D eigenvalue weighted by Crippen LogP contribution is -2.29. The molecule has 25 heavy (non-hydrogen) atoms. The zero-order valence-electron chi connectivity index (χ0n) is 14.7. The number of hydrogen-bond acceptors (Lipinski definition) is 3. The molecule has 1 atom stereocenters. The van der Waals surface area contributed by atoms with Gasteiger partial charge in [-0.3, -0.25) is 9.89 Å². The summed E-state index contributed by atoms with van der Waals surface area (Å²) < 4.78 is 18.7. The summed E-state index contributed by atoms with van der Waals surface area (Å²) in [6, 6.07) is 7.67. The fourth-order valence-corrected chi connectivity index (χ4v) is 3.30. The standard InChI is InChI=1S/C19H24FN3O2/c1-13(2)8-14-6-7-23(11-14)19(24)18-10-16(21-22-18)12-25-17-5-3-4-15(20)9-17/h3-5,9-10,13-14H,6-8,11-12H2,1-2H3,(H,21,22). The van der Waals surface area contributed by atoms with E-state index in [0.29, 0.717) is 29.0 Å². The highest BCUT2D eigenvalue weighted by molar-refractivity contribution is 5.92. The molecule has 134 valence electrons. The van der Waals surface area contributed by atoms with E-state index in [9.17, 15) is 9.18 Å². The molecule has 1 fully saturated rings. The van der Waals surface area contributed by atoms with Gasteiger partial charge in [0.1, 0.15) is 18.2 Å². The fourth-order valence-electron chi connectivity index (χ4n) is 3.30. The van der Waals surface area contributed by atoms with Crippen molar-refractivity contribution in [1.29, 1.82) is 0 Å². The molecule has 1 aliphatic rings. The third-order valence-corrected chi connectivity index (χ3v) is 4.42. The summed E-state index contributed by atoms with van der Waals surface area (Å²) in [4.78, 5) is 14.4. The normalized spacial score (nSPS) is 17.3. The first-order valence-electron chi connectivity index (χ1n) is 8.73. The number of carbonyl (C=O) groups excluding carboxylic acids is 1. The average Bonchev–Trinajstić information content (AvgIpc) is 3.21. The summed E-state index contributed by atoms with van der Waals surface area (Å²) in [5.74, 6) is 1.29. The van der Waals surface area contributed by atoms with Gasteiger partial charge in [-0.1, -0.05) is 19.9 Å². The Hall–Kier alpha value is -2.37. The van der Waals surface area contributed by atoms with Gasteiger partial charge in [0.05, 0.1) is 5.69 Å². The van der Waals surface area contributed by atoms with Crippen LogP contribution in [0.15, 0.2) is 30.3 Å². The third kappa shape index (κ3) is 4.59. The van der Waals surface area contributed by atoms with Crippen LogP contribution in [0, 0.1) is 17.7 Å². The highest BCUT2D eigenvalue weighted by atomic mass is 19.1. The van der Waals surface area contributed by atoms with Crippen LogP contribution in [0.3, 0.4) is 0 Å². The number of carbonyl (C=O) groups is 1. The Balaban J connectivity index is 1.55. The molecule has 0 saturated carbocycles. The van der Waals surface area contributed by atoms with E-state index in [1.165, 1.54) is 12.1 Å². The summed E-state index contributed by atoms with van der Waals surface area (Å²) in [5.41, 5.74) is 1.09. The first-order valence-corrected chi connectivity index (χ1v) is 8.73. The maximum atomic E-state index is 13.1. The average molecular weight is 345 g/mol. The first kappa shape index (κ1) is 17.5. The Bertz CT molecular complexity index is 729. The van der Waals surface area contributed by atoms with Gasteiger partial charge in [-0.25, -0.2) is 4.39 Å². The molecule has 0 bridgehead atoms. The Morgan fingerprint density at radius 3 is 3.04 bits per heavy atom. The number of halogens is 1. The molecule has 6 heteroatoms. The molecule has 2 heterocycles. The number of likely N-dealkylation sites (tertiary alicyclic amines) is 1. The van der Waals surface area contributed by atoms with Gasteiger partial charge in [-0.15, -0.1) is 0 Å². The van der Waals surface area contributed by atoms with Crippen LogP contribution >= 0.6 is 0 Å². The molecule has 1 saturated heterocycles. The van der Waals surface area contributed by atoms with Crippen molar-refractivity contribution in [2.75, 3.05) is 13.1 Å². The largest absolute Gasteiger partial charge is 0.487 e. The molecule has 1 aromatic heterocycles. The van der Waals surface area contributed by atoms with E-state index in [1.54, 1.807) is 18.2 Å². The van der Waals surface area contributed by atoms with Crippen molar-refractivity contribution in [3.05, 3.63) is 47.5 Å². The molecule has 1 unspecified atom stereocenters. The van der Waals surface area contributed by atoms with Crippen LogP contribution in [0.25, 0.3) is 0 Å². The molecule has 0 spiro atoms. The van der Waals surface area contributed by atoms with Gasteiger partial charge in [0.2, 0.25) is 0 Å². The molecule has 1 amide bonds. The predicted molar refractivity (Wildman–Crippen MR) is 92.8 cm³/mol. The second-order valence-corrected chi connectivity index (χ2v) is 7.06. The first-order chi connectivity index (χ1) is 12.0. The molecule has 1 aromatic carbocycles. The van der Waals surface area contributed by atoms with Crippen molar-refractivity contribution in [1.82, 2.24) is 15.1 Å². The number of ether oxygens (including phenoxy) is 1. The third-order valence-electron chi connectivity index (χ3n) is 4.42. The van der Waals surface area contributed by atoms with Gasteiger partial charge in [-0.05, 0) is 42.9 Å². The second kappa shape index (κ2) is 7.68. The minimum Gasteiger partial charge on any atom is -0.487 e. The number of nitrogens with one attached hydrogen (secondary N) is 1. The van der Waals surface area contributed by atoms with E-state index in [4.69, 9.17) is 4.74 Å². The quantitative estimate of drug-likeness (QED) is 0.870. The lowest BCUT2D eigenvalue weighted by Gasteiger charge is -2.16. The van der Waals surface area contributed by atoms with Gasteiger partial charge in [0.25, 0.3) is 5.91 Å². The molecular formula is C19H24FN3O2. The lowest BCUT2D eigenvalue weighted by molar-refractivity contribution is 0.0779. The van der Waals surface area contributed by atoms with E-state index >= 15 is 0 Å². The number of amides is 1. The van der Waals surface area contributed by atoms with Crippen LogP contribution < -0.4 is 4.74 Å². The van der Waals surface area contributed by atoms with Crippen molar-refractivity contribution in [3.63, 3.8) is 0 Å². The van der Waals surface area contributed by atoms with Crippen molar-refractivity contribution >= 4 is 5.91 Å². The number of H-pyrrole nitrogens is 1. The Kier molecular flexibility index (Phi) is 5.36. The topological polar surface area (TPSA) is 58.2 Å². The minimum absolute atomic E-state index is 0.0421. The van der Waals surface area contributed by atoms with Gasteiger partial charge >= 0.3 is 0 Å². The predicted octanol–water partition coefficient (Wildman–Crippen LogP) is 3.64. The molecule has 0 radical (unpaired) electrons. The number of hydrogen-bond donors (Lipinski definition) is 1. The Labute approximate surface area is 147 Å². The van der Waals surface area contributed by atoms with Gasteiger partial charge < -0.3 is 9.64 Å². The Morgan fingerprint density at radius 1 is 1.44 bits per heavy atom. The summed E-state index contributed by atoms with van der Waals surface area (Å²) in [6.07, 6.45) is 2.21. The summed E-state index contributed by atoms with van der Waals surface area (Å²) >= 11 is 0. The SMILES string of the molecule is CC(C)CC1CCN(C(=O)c2cc(COc3cccc(F)c3)[nH]n2)C1. The number of aromatic amines is 1. The zero-order valence-corrected chi connectivity index (χ0v) is 14.7. The molecular weight excluding hydrogens is 321 g/mol. The molecule has 3 rings (SSSR count). The highest BCUT2D eigenvalue weighted by Crippen LogP contribution is 2.24. The van der Waals surface area contributed by atoms with Crippen LogP contribution in [-0.2, 0) is 6.61 Å². The number of aromatic nitrogens is 2. The van der Waals surface area contributed by atoms with Crippen molar-refractivity contribution in [2.24, 2.45) is 11.8 Å². The number of rotatable bonds is 6. The van der Waals surface area contributed by atoms with E-state index in [-0.39, 0.29) is 18.3 Å². The smallest absolute Gasteiger partial charge is 0.274 e. The maximum Gasteiger partial charge on any atom is 0.274 e. The van der Waals surface area contributed by atoms with Crippen LogP contribution in [0.4, 0.5) is 4.39 Å². The molecule has 1 N–H and O–H groups in total. The van der Waals surface area contributed by atoms with Gasteiger partial charge in [-0.2, -0.15) is 5.10 Å². The van der Waals surface area contributed by atoms with E-state index in [0.717, 1.165) is 25.9 Å². The van der Waals surface area contributed by atoms with Crippen LogP contribution in [0.1, 0.15) is 42.9 Å². The minimum atomic E-state index is -0.344. The fraction of sp³-hybridized carbons (Fsp3) is 0.474. The van der Waals surface area contributed by atoms with Crippen molar-refractivity contribution < 1.29 is 13.9 Å². The van der Waals surface area contributed by atoms with Crippen LogP contribution in [0.5, 0.6) is 5.75 Å².